The molecule has 0 spiro atoms. The fourth-order valence-corrected chi connectivity index (χ4v) is 5.06. The highest BCUT2D eigenvalue weighted by molar-refractivity contribution is 7.92. The van der Waals surface area contributed by atoms with E-state index in [2.05, 4.69) is 5.32 Å². The molecule has 1 amide bonds. The minimum absolute atomic E-state index is 0.0247. The summed E-state index contributed by atoms with van der Waals surface area (Å²) in [5, 5.41) is 2.97. The molecule has 0 aliphatic heterocycles. The van der Waals surface area contributed by atoms with Crippen LogP contribution in [0.25, 0.3) is 0 Å². The number of hydrogen-bond acceptors (Lipinski definition) is 4. The molecule has 6 nitrogen and oxygen atoms in total. The fourth-order valence-electron chi connectivity index (χ4n) is 3.60. The first-order valence-corrected chi connectivity index (χ1v) is 12.4. The Labute approximate surface area is 196 Å². The summed E-state index contributed by atoms with van der Waals surface area (Å²) in [5.74, 6) is -0.196. The molecule has 0 radical (unpaired) electrons. The first kappa shape index (κ1) is 24.5. The van der Waals surface area contributed by atoms with Gasteiger partial charge in [0.1, 0.15) is 0 Å². The second kappa shape index (κ2) is 11.1. The van der Waals surface area contributed by atoms with Crippen molar-refractivity contribution in [1.82, 2.24) is 10.2 Å². The molecule has 0 aromatic heterocycles. The lowest BCUT2D eigenvalue weighted by Gasteiger charge is -2.26. The molecule has 174 valence electrons. The second-order valence-corrected chi connectivity index (χ2v) is 10.0. The van der Waals surface area contributed by atoms with Crippen LogP contribution in [0.1, 0.15) is 23.6 Å². The number of nitrogens with one attached hydrogen (secondary N) is 1. The predicted octanol–water partition coefficient (Wildman–Crippen LogP) is 4.00. The van der Waals surface area contributed by atoms with Crippen molar-refractivity contribution in [2.45, 2.75) is 24.3 Å². The van der Waals surface area contributed by atoms with Gasteiger partial charge in [-0.05, 0) is 50.8 Å². The molecule has 7 heteroatoms. The Morgan fingerprint density at radius 2 is 1.45 bits per heavy atom. The molecule has 0 fully saturated rings. The van der Waals surface area contributed by atoms with Crippen LogP contribution in [-0.4, -0.2) is 46.4 Å². The Balaban J connectivity index is 1.72. The zero-order valence-corrected chi connectivity index (χ0v) is 20.1. The van der Waals surface area contributed by atoms with Crippen LogP contribution in [0.5, 0.6) is 0 Å². The summed E-state index contributed by atoms with van der Waals surface area (Å²) in [6.07, 6.45) is 0.0505. The van der Waals surface area contributed by atoms with Crippen LogP contribution < -0.4 is 9.62 Å². The normalized spacial score (nSPS) is 12.4. The third kappa shape index (κ3) is 6.43. The van der Waals surface area contributed by atoms with E-state index in [-0.39, 0.29) is 29.8 Å². The van der Waals surface area contributed by atoms with Crippen LogP contribution in [0.15, 0.2) is 89.8 Å². The zero-order chi connectivity index (χ0) is 23.8. The number of aryl methyl sites for hydroxylation is 1. The lowest BCUT2D eigenvalue weighted by Crippen LogP contribution is -2.38. The van der Waals surface area contributed by atoms with Gasteiger partial charge in [-0.2, -0.15) is 0 Å². The van der Waals surface area contributed by atoms with E-state index in [0.717, 1.165) is 11.1 Å². The van der Waals surface area contributed by atoms with Crippen LogP contribution in [0.2, 0.25) is 0 Å². The first-order valence-electron chi connectivity index (χ1n) is 10.9. The smallest absolute Gasteiger partial charge is 0.264 e. The van der Waals surface area contributed by atoms with Gasteiger partial charge in [-0.3, -0.25) is 9.10 Å². The van der Waals surface area contributed by atoms with Crippen molar-refractivity contribution in [3.8, 4) is 0 Å². The monoisotopic (exact) mass is 465 g/mol. The number of nitrogens with zero attached hydrogens (tertiary/aromatic N) is 2. The molecule has 3 rings (SSSR count). The Morgan fingerprint density at radius 1 is 0.879 bits per heavy atom. The Bertz CT molecular complexity index is 1130. The molecule has 0 bridgehead atoms. The molecule has 0 aliphatic rings. The molecule has 1 N–H and O–H groups in total. The van der Waals surface area contributed by atoms with Crippen molar-refractivity contribution >= 4 is 21.6 Å². The number of carbonyl (C=O) groups excluding carboxylic acids is 1. The highest BCUT2D eigenvalue weighted by atomic mass is 32.2. The topological polar surface area (TPSA) is 69.7 Å². The van der Waals surface area contributed by atoms with Crippen molar-refractivity contribution in [2.75, 3.05) is 31.5 Å². The minimum Gasteiger partial charge on any atom is -0.354 e. The lowest BCUT2D eigenvalue weighted by atomic mass is 10.1. The summed E-state index contributed by atoms with van der Waals surface area (Å²) in [6.45, 7) is 2.39. The van der Waals surface area contributed by atoms with Crippen molar-refractivity contribution in [1.29, 1.82) is 0 Å². The Morgan fingerprint density at radius 3 is 2.03 bits per heavy atom. The van der Waals surface area contributed by atoms with Crippen LogP contribution in [-0.2, 0) is 14.8 Å². The van der Waals surface area contributed by atoms with E-state index in [1.807, 2.05) is 62.3 Å². The van der Waals surface area contributed by atoms with E-state index < -0.39 is 10.0 Å². The van der Waals surface area contributed by atoms with E-state index >= 15 is 0 Å². The minimum atomic E-state index is -3.81. The van der Waals surface area contributed by atoms with Gasteiger partial charge < -0.3 is 10.2 Å². The molecule has 0 saturated carbocycles. The molecule has 3 aromatic rings. The SMILES string of the molecule is Cc1ccc(S(=O)(=O)N(CCC(=O)NC[C@@H](c2ccccc2)N(C)C)c2ccccc2)cc1. The molecule has 0 unspecified atom stereocenters. The molecule has 33 heavy (non-hydrogen) atoms. The zero-order valence-electron chi connectivity index (χ0n) is 19.3. The maximum absolute atomic E-state index is 13.4. The van der Waals surface area contributed by atoms with E-state index in [1.54, 1.807) is 48.5 Å². The van der Waals surface area contributed by atoms with Crippen molar-refractivity contribution in [2.24, 2.45) is 0 Å². The third-order valence-corrected chi connectivity index (χ3v) is 7.34. The molecule has 0 heterocycles. The summed E-state index contributed by atoms with van der Waals surface area (Å²) in [5.41, 5.74) is 2.62. The number of carbonyl (C=O) groups is 1. The third-order valence-electron chi connectivity index (χ3n) is 5.50. The van der Waals surface area contributed by atoms with Crippen LogP contribution >= 0.6 is 0 Å². The number of hydrogen-bond donors (Lipinski definition) is 1. The maximum Gasteiger partial charge on any atom is 0.264 e. The first-order chi connectivity index (χ1) is 15.8. The van der Waals surface area contributed by atoms with Crippen LogP contribution in [0, 0.1) is 6.92 Å². The highest BCUT2D eigenvalue weighted by Gasteiger charge is 2.25. The van der Waals surface area contributed by atoms with Gasteiger partial charge in [0.15, 0.2) is 0 Å². The van der Waals surface area contributed by atoms with Crippen LogP contribution in [0.4, 0.5) is 5.69 Å². The van der Waals surface area contributed by atoms with Gasteiger partial charge in [0.05, 0.1) is 16.6 Å². The van der Waals surface area contributed by atoms with E-state index in [1.165, 1.54) is 4.31 Å². The standard InChI is InChI=1S/C26H31N3O3S/c1-21-14-16-24(17-15-21)33(31,32)29(23-12-8-5-9-13-23)19-18-26(30)27-20-25(28(2)3)22-10-6-4-7-11-22/h4-17,25H,18-20H2,1-3H3,(H,27,30)/t25-/m0/s1. The van der Waals surface area contributed by atoms with Crippen LogP contribution in [0.3, 0.4) is 0 Å². The fraction of sp³-hybridized carbons (Fsp3) is 0.269. The predicted molar refractivity (Wildman–Crippen MR) is 133 cm³/mol. The van der Waals surface area contributed by atoms with Crippen molar-refractivity contribution < 1.29 is 13.2 Å². The summed E-state index contributed by atoms with van der Waals surface area (Å²) >= 11 is 0. The number of anilines is 1. The van der Waals surface area contributed by atoms with Crippen molar-refractivity contribution in [3.05, 3.63) is 96.1 Å². The van der Waals surface area contributed by atoms with Gasteiger partial charge in [-0.15, -0.1) is 0 Å². The largest absolute Gasteiger partial charge is 0.354 e. The quantitative estimate of drug-likeness (QED) is 0.491. The number of likely N-dealkylation sites (N-methyl/N-ethyl adjacent to an activating group) is 1. The maximum atomic E-state index is 13.4. The molecular weight excluding hydrogens is 434 g/mol. The Kier molecular flexibility index (Phi) is 8.25. The Hall–Kier alpha value is -3.16. The molecule has 1 atom stereocenters. The van der Waals surface area contributed by atoms with Gasteiger partial charge in [-0.25, -0.2) is 8.42 Å². The summed E-state index contributed by atoms with van der Waals surface area (Å²) in [6, 6.07) is 25.6. The van der Waals surface area contributed by atoms with E-state index in [0.29, 0.717) is 12.2 Å². The van der Waals surface area contributed by atoms with E-state index in [4.69, 9.17) is 0 Å². The number of sulfonamides is 1. The summed E-state index contributed by atoms with van der Waals surface area (Å²) in [7, 11) is 0.126. The van der Waals surface area contributed by atoms with Gasteiger partial charge in [0.2, 0.25) is 5.91 Å². The van der Waals surface area contributed by atoms with Gasteiger partial charge >= 0.3 is 0 Å². The van der Waals surface area contributed by atoms with Gasteiger partial charge in [0, 0.05) is 19.5 Å². The molecule has 0 aliphatic carbocycles. The molecular formula is C26H31N3O3S. The molecule has 3 aromatic carbocycles. The number of rotatable bonds is 10. The molecule has 0 saturated heterocycles. The second-order valence-electron chi connectivity index (χ2n) is 8.17. The number of para-hydroxylation sites is 1. The summed E-state index contributed by atoms with van der Waals surface area (Å²) in [4.78, 5) is 14.9. The summed E-state index contributed by atoms with van der Waals surface area (Å²) < 4.78 is 28.1. The van der Waals surface area contributed by atoms with E-state index in [9.17, 15) is 13.2 Å². The van der Waals surface area contributed by atoms with Crippen molar-refractivity contribution in [3.63, 3.8) is 0 Å². The number of amides is 1. The van der Waals surface area contributed by atoms with Gasteiger partial charge in [-0.1, -0.05) is 66.2 Å². The average molecular weight is 466 g/mol. The lowest BCUT2D eigenvalue weighted by molar-refractivity contribution is -0.121. The highest BCUT2D eigenvalue weighted by Crippen LogP contribution is 2.24. The average Bonchev–Trinajstić information content (AvgIpc) is 2.80. The van der Waals surface area contributed by atoms with Gasteiger partial charge in [0.25, 0.3) is 10.0 Å². The number of benzene rings is 3.